The molecule has 0 saturated heterocycles. The van der Waals surface area contributed by atoms with E-state index in [4.69, 9.17) is 0 Å². The van der Waals surface area contributed by atoms with Crippen LogP contribution in [-0.2, 0) is 9.59 Å². The van der Waals surface area contributed by atoms with E-state index in [9.17, 15) is 9.59 Å². The first-order chi connectivity index (χ1) is 10.0. The second-order valence-electron chi connectivity index (χ2n) is 4.20. The molecule has 2 rings (SSSR count). The fourth-order valence-electron chi connectivity index (χ4n) is 1.47. The van der Waals surface area contributed by atoms with E-state index in [-0.39, 0.29) is 24.7 Å². The Morgan fingerprint density at radius 3 is 1.62 bits per heavy atom. The summed E-state index contributed by atoms with van der Waals surface area (Å²) >= 11 is 2.63. The van der Waals surface area contributed by atoms with Gasteiger partial charge in [0, 0.05) is 12.8 Å². The first-order valence-electron chi connectivity index (χ1n) is 6.23. The molecule has 0 bridgehead atoms. The fraction of sp³-hybridized carbons (Fsp3) is 0.455. The van der Waals surface area contributed by atoms with E-state index < -0.39 is 0 Å². The second-order valence-corrected chi connectivity index (χ2v) is 6.57. The lowest BCUT2D eigenvalue weighted by molar-refractivity contribution is -0.117. The van der Waals surface area contributed by atoms with Crippen LogP contribution in [-0.4, -0.2) is 32.2 Å². The molecule has 2 aromatic heterocycles. The number of hydrogen-bond acceptors (Lipinski definition) is 8. The van der Waals surface area contributed by atoms with E-state index in [0.717, 1.165) is 10.0 Å². The van der Waals surface area contributed by atoms with Crippen LogP contribution in [0.5, 0.6) is 0 Å². The monoisotopic (exact) mass is 326 g/mol. The van der Waals surface area contributed by atoms with Crippen LogP contribution in [0.4, 0.5) is 10.3 Å². The Kier molecular flexibility index (Phi) is 5.28. The quantitative estimate of drug-likeness (QED) is 0.837. The van der Waals surface area contributed by atoms with Crippen LogP contribution in [0.25, 0.3) is 0 Å². The Bertz CT molecular complexity index is 584. The Labute approximate surface area is 129 Å². The van der Waals surface area contributed by atoms with Gasteiger partial charge in [-0.25, -0.2) is 0 Å². The van der Waals surface area contributed by atoms with Crippen LogP contribution in [0, 0.1) is 13.8 Å². The molecular weight excluding hydrogens is 312 g/mol. The highest BCUT2D eigenvalue weighted by Gasteiger charge is 2.09. The molecule has 2 aromatic rings. The van der Waals surface area contributed by atoms with Gasteiger partial charge in [-0.1, -0.05) is 22.7 Å². The van der Waals surface area contributed by atoms with Crippen LogP contribution in [0.1, 0.15) is 29.3 Å². The molecule has 8 nitrogen and oxygen atoms in total. The van der Waals surface area contributed by atoms with Gasteiger partial charge in [-0.15, -0.1) is 20.4 Å². The maximum Gasteiger partial charge on any atom is 0.226 e. The Morgan fingerprint density at radius 1 is 0.857 bits per heavy atom. The van der Waals surface area contributed by atoms with Gasteiger partial charge in [-0.2, -0.15) is 0 Å². The molecule has 0 aliphatic carbocycles. The van der Waals surface area contributed by atoms with Crippen molar-refractivity contribution in [3.8, 4) is 0 Å². The van der Waals surface area contributed by atoms with Crippen molar-refractivity contribution in [1.82, 2.24) is 20.4 Å². The van der Waals surface area contributed by atoms with Crippen molar-refractivity contribution in [2.24, 2.45) is 0 Å². The molecule has 0 unspecified atom stereocenters. The van der Waals surface area contributed by atoms with Crippen molar-refractivity contribution in [1.29, 1.82) is 0 Å². The zero-order chi connectivity index (χ0) is 15.2. The molecule has 2 heterocycles. The molecule has 2 amide bonds. The summed E-state index contributed by atoms with van der Waals surface area (Å²) in [5.74, 6) is -0.351. The Hall–Kier alpha value is -1.94. The number of nitrogens with zero attached hydrogens (tertiary/aromatic N) is 4. The van der Waals surface area contributed by atoms with Crippen molar-refractivity contribution in [2.45, 2.75) is 33.1 Å². The van der Waals surface area contributed by atoms with Gasteiger partial charge < -0.3 is 10.6 Å². The summed E-state index contributed by atoms with van der Waals surface area (Å²) < 4.78 is 0. The number of amides is 2. The van der Waals surface area contributed by atoms with E-state index in [1.165, 1.54) is 22.7 Å². The third-order valence-electron chi connectivity index (χ3n) is 2.35. The van der Waals surface area contributed by atoms with Gasteiger partial charge in [0.25, 0.3) is 0 Å². The maximum atomic E-state index is 11.6. The Morgan fingerprint density at radius 2 is 1.29 bits per heavy atom. The zero-order valence-corrected chi connectivity index (χ0v) is 13.2. The number of carbonyl (C=O) groups is 2. The average molecular weight is 326 g/mol. The van der Waals surface area contributed by atoms with Crippen LogP contribution >= 0.6 is 22.7 Å². The topological polar surface area (TPSA) is 110 Å². The van der Waals surface area contributed by atoms with Gasteiger partial charge in [0.1, 0.15) is 10.0 Å². The van der Waals surface area contributed by atoms with E-state index in [0.29, 0.717) is 16.7 Å². The molecule has 112 valence electrons. The highest BCUT2D eigenvalue weighted by molar-refractivity contribution is 7.15. The summed E-state index contributed by atoms with van der Waals surface area (Å²) in [6.45, 7) is 3.62. The summed E-state index contributed by atoms with van der Waals surface area (Å²) in [7, 11) is 0. The number of carbonyl (C=O) groups excluding carboxylic acids is 2. The number of aromatic nitrogens is 4. The third kappa shape index (κ3) is 5.16. The molecule has 0 aliphatic rings. The molecule has 0 radical (unpaired) electrons. The van der Waals surface area contributed by atoms with E-state index in [1.54, 1.807) is 0 Å². The normalized spacial score (nSPS) is 10.4. The summed E-state index contributed by atoms with van der Waals surface area (Å²) in [6.07, 6.45) is 0.954. The predicted molar refractivity (Wildman–Crippen MR) is 80.4 cm³/mol. The minimum Gasteiger partial charge on any atom is -0.301 e. The molecule has 21 heavy (non-hydrogen) atoms. The zero-order valence-electron chi connectivity index (χ0n) is 11.5. The second kappa shape index (κ2) is 7.18. The van der Waals surface area contributed by atoms with Crippen molar-refractivity contribution in [3.05, 3.63) is 10.0 Å². The average Bonchev–Trinajstić information content (AvgIpc) is 2.98. The molecule has 10 heteroatoms. The maximum absolute atomic E-state index is 11.6. The van der Waals surface area contributed by atoms with Crippen molar-refractivity contribution < 1.29 is 9.59 Å². The van der Waals surface area contributed by atoms with E-state index in [2.05, 4.69) is 31.0 Å². The van der Waals surface area contributed by atoms with Crippen LogP contribution in [0.15, 0.2) is 0 Å². The lowest BCUT2D eigenvalue weighted by Gasteiger charge is -2.01. The van der Waals surface area contributed by atoms with Gasteiger partial charge in [-0.3, -0.25) is 9.59 Å². The first-order valence-corrected chi connectivity index (χ1v) is 7.86. The van der Waals surface area contributed by atoms with Gasteiger partial charge in [-0.05, 0) is 20.3 Å². The predicted octanol–water partition coefficient (Wildman–Crippen LogP) is 1.75. The lowest BCUT2D eigenvalue weighted by atomic mass is 10.2. The number of rotatable bonds is 6. The highest BCUT2D eigenvalue weighted by Crippen LogP contribution is 2.15. The molecule has 0 aliphatic heterocycles. The third-order valence-corrected chi connectivity index (χ3v) is 3.86. The van der Waals surface area contributed by atoms with Gasteiger partial charge in [0.2, 0.25) is 22.1 Å². The molecule has 0 fully saturated rings. The van der Waals surface area contributed by atoms with Crippen LogP contribution in [0.2, 0.25) is 0 Å². The number of anilines is 2. The molecule has 0 saturated carbocycles. The SMILES string of the molecule is Cc1nnc(NC(=O)CCCC(=O)Nc2nnc(C)s2)s1. The van der Waals surface area contributed by atoms with Crippen LogP contribution in [0.3, 0.4) is 0 Å². The van der Waals surface area contributed by atoms with Crippen molar-refractivity contribution >= 4 is 44.8 Å². The Balaban J connectivity index is 1.66. The molecule has 0 aromatic carbocycles. The molecule has 2 N–H and O–H groups in total. The largest absolute Gasteiger partial charge is 0.301 e. The summed E-state index contributed by atoms with van der Waals surface area (Å²) in [5, 5.41) is 23.0. The standard InChI is InChI=1S/C11H14N6O2S2/c1-6-14-16-10(20-6)12-8(18)4-3-5-9(19)13-11-17-15-7(2)21-11/h3-5H2,1-2H3,(H,12,16,18)(H,13,17,19). The summed E-state index contributed by atoms with van der Waals surface area (Å²) in [5.41, 5.74) is 0. The molecular formula is C11H14N6O2S2. The minimum absolute atomic E-state index is 0.175. The highest BCUT2D eigenvalue weighted by atomic mass is 32.1. The van der Waals surface area contributed by atoms with Crippen molar-refractivity contribution in [3.63, 3.8) is 0 Å². The first kappa shape index (κ1) is 15.4. The fourth-order valence-corrected chi connectivity index (χ4v) is 2.68. The molecule has 0 atom stereocenters. The van der Waals surface area contributed by atoms with E-state index in [1.807, 2.05) is 13.8 Å². The number of hydrogen-bond donors (Lipinski definition) is 2. The van der Waals surface area contributed by atoms with Gasteiger partial charge >= 0.3 is 0 Å². The smallest absolute Gasteiger partial charge is 0.226 e. The van der Waals surface area contributed by atoms with Crippen molar-refractivity contribution in [2.75, 3.05) is 10.6 Å². The minimum atomic E-state index is -0.175. The molecule has 0 spiro atoms. The lowest BCUT2D eigenvalue weighted by Crippen LogP contribution is -2.14. The summed E-state index contributed by atoms with van der Waals surface area (Å²) in [6, 6.07) is 0. The van der Waals surface area contributed by atoms with Gasteiger partial charge in [0.15, 0.2) is 0 Å². The summed E-state index contributed by atoms with van der Waals surface area (Å²) in [4.78, 5) is 23.3. The van der Waals surface area contributed by atoms with E-state index >= 15 is 0 Å². The van der Waals surface area contributed by atoms with Gasteiger partial charge in [0.05, 0.1) is 0 Å². The number of nitrogens with one attached hydrogen (secondary N) is 2. The van der Waals surface area contributed by atoms with Crippen LogP contribution < -0.4 is 10.6 Å². The number of aryl methyl sites for hydroxylation is 2.